The molecule has 0 saturated heterocycles. The quantitative estimate of drug-likeness (QED) is 0.274. The molecule has 11 heteroatoms. The van der Waals surface area contributed by atoms with Crippen LogP contribution in [0, 0.1) is 17.8 Å². The summed E-state index contributed by atoms with van der Waals surface area (Å²) in [6.45, 7) is 6.55. The fourth-order valence-corrected chi connectivity index (χ4v) is 6.14. The molecule has 2 aliphatic carbocycles. The summed E-state index contributed by atoms with van der Waals surface area (Å²) in [5.74, 6) is -2.09. The molecule has 0 spiro atoms. The number of carbonyl (C=O) groups is 2. The van der Waals surface area contributed by atoms with Crippen LogP contribution < -0.4 is 0 Å². The highest BCUT2D eigenvalue weighted by Crippen LogP contribution is 2.42. The first-order valence-corrected chi connectivity index (χ1v) is 14.1. The van der Waals surface area contributed by atoms with E-state index in [0.29, 0.717) is 11.8 Å². The molecule has 228 valence electrons. The van der Waals surface area contributed by atoms with E-state index < -0.39 is 29.9 Å². The van der Waals surface area contributed by atoms with Crippen molar-refractivity contribution in [3.63, 3.8) is 0 Å². The molecule has 0 aliphatic heterocycles. The third kappa shape index (κ3) is 10.6. The Balaban J connectivity index is 0.000000708. The van der Waals surface area contributed by atoms with Crippen molar-refractivity contribution in [1.82, 2.24) is 4.90 Å². The second kappa shape index (κ2) is 15.1. The molecule has 0 unspecified atom stereocenters. The lowest BCUT2D eigenvalue weighted by Crippen LogP contribution is -2.47. The van der Waals surface area contributed by atoms with E-state index in [9.17, 15) is 36.2 Å². The van der Waals surface area contributed by atoms with Gasteiger partial charge in [-0.15, -0.1) is 0 Å². The highest BCUT2D eigenvalue weighted by Gasteiger charge is 2.39. The topological polar surface area (TPSA) is 77.8 Å². The van der Waals surface area contributed by atoms with Crippen LogP contribution in [0.1, 0.15) is 95.1 Å². The maximum absolute atomic E-state index is 13.1. The number of alkyl halides is 6. The van der Waals surface area contributed by atoms with Crippen LogP contribution in [0.2, 0.25) is 0 Å². The predicted molar refractivity (Wildman–Crippen MR) is 139 cm³/mol. The van der Waals surface area contributed by atoms with E-state index in [1.54, 1.807) is 12.1 Å². The lowest BCUT2D eigenvalue weighted by atomic mass is 9.72. The van der Waals surface area contributed by atoms with Crippen LogP contribution in [0.3, 0.4) is 0 Å². The number of nitrogens with zero attached hydrogens (tertiary/aromatic N) is 1. The molecular formula is C29H41F6NO4. The Morgan fingerprint density at radius 2 is 1.45 bits per heavy atom. The first-order valence-electron chi connectivity index (χ1n) is 14.1. The van der Waals surface area contributed by atoms with Crippen molar-refractivity contribution in [3.8, 4) is 0 Å². The lowest BCUT2D eigenvalue weighted by molar-refractivity contribution is -0.192. The number of carboxylic acids is 2. The van der Waals surface area contributed by atoms with E-state index in [0.717, 1.165) is 50.8 Å². The summed E-state index contributed by atoms with van der Waals surface area (Å²) in [4.78, 5) is 22.9. The number of halogens is 6. The van der Waals surface area contributed by atoms with Gasteiger partial charge in [-0.25, -0.2) is 4.79 Å². The third-order valence-electron chi connectivity index (χ3n) is 8.38. The summed E-state index contributed by atoms with van der Waals surface area (Å²) in [6, 6.07) is 5.90. The van der Waals surface area contributed by atoms with Crippen molar-refractivity contribution in [2.45, 2.75) is 102 Å². The van der Waals surface area contributed by atoms with Crippen LogP contribution >= 0.6 is 0 Å². The number of benzene rings is 1. The minimum absolute atomic E-state index is 0.0705. The van der Waals surface area contributed by atoms with Crippen molar-refractivity contribution in [1.29, 1.82) is 0 Å². The molecule has 2 saturated carbocycles. The summed E-state index contributed by atoms with van der Waals surface area (Å²) >= 11 is 0. The predicted octanol–water partition coefficient (Wildman–Crippen LogP) is 7.99. The number of hydrogen-bond donors (Lipinski definition) is 2. The zero-order chi connectivity index (χ0) is 30.1. The number of hydrogen-bond acceptors (Lipinski definition) is 3. The maximum Gasteiger partial charge on any atom is 0.490 e. The smallest absolute Gasteiger partial charge is 0.481 e. The Bertz CT molecular complexity index is 920. The van der Waals surface area contributed by atoms with Crippen molar-refractivity contribution < 1.29 is 46.1 Å². The normalized spacial score (nSPS) is 22.3. The third-order valence-corrected chi connectivity index (χ3v) is 8.38. The summed E-state index contributed by atoms with van der Waals surface area (Å²) in [5.41, 5.74) is 0.296. The summed E-state index contributed by atoms with van der Waals surface area (Å²) in [7, 11) is 0. The summed E-state index contributed by atoms with van der Waals surface area (Å²) < 4.78 is 71.2. The second-order valence-electron chi connectivity index (χ2n) is 11.2. The van der Waals surface area contributed by atoms with Gasteiger partial charge in [0.1, 0.15) is 0 Å². The van der Waals surface area contributed by atoms with Gasteiger partial charge >= 0.3 is 24.3 Å². The minimum atomic E-state index is -5.08. The minimum Gasteiger partial charge on any atom is -0.481 e. The molecule has 3 atom stereocenters. The van der Waals surface area contributed by atoms with Crippen molar-refractivity contribution >= 4 is 11.9 Å². The molecule has 2 aliphatic rings. The van der Waals surface area contributed by atoms with Gasteiger partial charge in [-0.05, 0) is 73.5 Å². The van der Waals surface area contributed by atoms with E-state index in [1.807, 2.05) is 0 Å². The van der Waals surface area contributed by atoms with Gasteiger partial charge in [-0.1, -0.05) is 51.7 Å². The largest absolute Gasteiger partial charge is 0.490 e. The molecule has 0 aromatic heterocycles. The van der Waals surface area contributed by atoms with Crippen LogP contribution in [0.4, 0.5) is 26.3 Å². The van der Waals surface area contributed by atoms with Gasteiger partial charge in [0.15, 0.2) is 0 Å². The molecule has 5 nitrogen and oxygen atoms in total. The maximum atomic E-state index is 13.1. The highest BCUT2D eigenvalue weighted by atomic mass is 19.4. The molecule has 3 rings (SSSR count). The summed E-state index contributed by atoms with van der Waals surface area (Å²) in [6.07, 6.45) is 0.570. The molecule has 1 aromatic rings. The molecule has 40 heavy (non-hydrogen) atoms. The first-order chi connectivity index (χ1) is 18.6. The lowest BCUT2D eigenvalue weighted by Gasteiger charge is -2.45. The van der Waals surface area contributed by atoms with Gasteiger partial charge in [0.05, 0.1) is 5.56 Å². The monoisotopic (exact) mass is 581 g/mol. The van der Waals surface area contributed by atoms with Crippen molar-refractivity contribution in [2.75, 3.05) is 13.1 Å². The van der Waals surface area contributed by atoms with E-state index in [1.165, 1.54) is 37.8 Å². The van der Waals surface area contributed by atoms with E-state index in [2.05, 4.69) is 18.7 Å². The van der Waals surface area contributed by atoms with Crippen LogP contribution in [-0.4, -0.2) is 52.4 Å². The highest BCUT2D eigenvalue weighted by molar-refractivity contribution is 5.73. The van der Waals surface area contributed by atoms with Crippen LogP contribution in [0.15, 0.2) is 24.3 Å². The Morgan fingerprint density at radius 1 is 0.900 bits per heavy atom. The standard InChI is InChI=1S/C27H40F3NO2.C2HF3O2/c1-3-19(4-2)17-31(18-20-7-5-6-8-20)25-14-9-21(16-26(32)33)15-24(25)22-10-12-23(13-11-22)27(28,29)30;3-2(4,5)1(6)7/h10-13,19-21,24-25H,3-9,14-18H2,1-2H3,(H,32,33);(H,6,7)/t21-,24+,25-;/m1./s1. The molecule has 0 bridgehead atoms. The SMILES string of the molecule is CCC(CC)CN(CC1CCCC1)[C@@H]1CC[C@@H](CC(=O)O)C[C@H]1c1ccc(C(F)(F)F)cc1.O=C(O)C(F)(F)F. The Hall–Kier alpha value is -2.30. The molecule has 0 amide bonds. The Kier molecular flexibility index (Phi) is 12.8. The van der Waals surface area contributed by atoms with Gasteiger partial charge < -0.3 is 10.2 Å². The van der Waals surface area contributed by atoms with Crippen molar-refractivity contribution in [3.05, 3.63) is 35.4 Å². The number of rotatable bonds is 10. The average Bonchev–Trinajstić information content (AvgIpc) is 3.39. The number of carboxylic acid groups (broad SMARTS) is 2. The Morgan fingerprint density at radius 3 is 1.90 bits per heavy atom. The molecule has 0 radical (unpaired) electrons. The fourth-order valence-electron chi connectivity index (χ4n) is 6.14. The van der Waals surface area contributed by atoms with Crippen LogP contribution in [0.25, 0.3) is 0 Å². The zero-order valence-corrected chi connectivity index (χ0v) is 23.1. The number of aliphatic carboxylic acids is 2. The van der Waals surface area contributed by atoms with Gasteiger partial charge in [-0.2, -0.15) is 26.3 Å². The zero-order valence-electron chi connectivity index (χ0n) is 23.1. The van der Waals surface area contributed by atoms with Crippen LogP contribution in [-0.2, 0) is 15.8 Å². The van der Waals surface area contributed by atoms with E-state index in [4.69, 9.17) is 9.90 Å². The van der Waals surface area contributed by atoms with E-state index >= 15 is 0 Å². The van der Waals surface area contributed by atoms with E-state index in [-0.39, 0.29) is 24.3 Å². The molecular weight excluding hydrogens is 540 g/mol. The first kappa shape index (κ1) is 33.9. The molecule has 2 fully saturated rings. The van der Waals surface area contributed by atoms with Gasteiger partial charge in [0, 0.05) is 25.6 Å². The molecule has 2 N–H and O–H groups in total. The Labute approximate surface area is 231 Å². The fraction of sp³-hybridized carbons (Fsp3) is 0.724. The average molecular weight is 582 g/mol. The van der Waals surface area contributed by atoms with Gasteiger partial charge in [0.2, 0.25) is 0 Å². The summed E-state index contributed by atoms with van der Waals surface area (Å²) in [5, 5.41) is 16.5. The van der Waals surface area contributed by atoms with Gasteiger partial charge in [-0.3, -0.25) is 9.69 Å². The van der Waals surface area contributed by atoms with Crippen LogP contribution in [0.5, 0.6) is 0 Å². The second-order valence-corrected chi connectivity index (χ2v) is 11.2. The molecule has 1 aromatic carbocycles. The van der Waals surface area contributed by atoms with Gasteiger partial charge in [0.25, 0.3) is 0 Å². The van der Waals surface area contributed by atoms with Crippen molar-refractivity contribution in [2.24, 2.45) is 17.8 Å². The molecule has 0 heterocycles.